The second kappa shape index (κ2) is 16.2. The van der Waals surface area contributed by atoms with Crippen molar-refractivity contribution in [1.82, 2.24) is 4.90 Å². The van der Waals surface area contributed by atoms with Crippen LogP contribution < -0.4 is 10.7 Å². The van der Waals surface area contributed by atoms with Crippen LogP contribution in [0.1, 0.15) is 23.2 Å². The Balaban J connectivity index is 1.69. The summed E-state index contributed by atoms with van der Waals surface area (Å²) in [6.45, 7) is 0.00121. The summed E-state index contributed by atoms with van der Waals surface area (Å²) >= 11 is 0. The molecule has 0 bridgehead atoms. The Kier molecular flexibility index (Phi) is 11.7. The van der Waals surface area contributed by atoms with Crippen molar-refractivity contribution in [2.45, 2.75) is 32.4 Å². The molecule has 0 unspecified atom stereocenters. The molecule has 0 saturated carbocycles. The highest BCUT2D eigenvalue weighted by molar-refractivity contribution is 7.86. The van der Waals surface area contributed by atoms with Gasteiger partial charge < -0.3 is 19.7 Å². The fraction of sp³-hybridized carbons (Fsp3) is 0.108. The summed E-state index contributed by atoms with van der Waals surface area (Å²) in [6.07, 6.45) is -0.158. The lowest BCUT2D eigenvalue weighted by Crippen LogP contribution is -2.28. The third-order valence-corrected chi connectivity index (χ3v) is 12.4. The Morgan fingerprint density at radius 2 is 1.28 bits per heavy atom. The van der Waals surface area contributed by atoms with Crippen LogP contribution in [0.15, 0.2) is 126 Å². The zero-order valence-electron chi connectivity index (χ0n) is 30.6. The Bertz CT molecular complexity index is 3200. The summed E-state index contributed by atoms with van der Waals surface area (Å²) in [5, 5.41) is 11.3. The number of fused-ring (bicyclic) bond motifs is 2. The number of amides is 1. The normalized spacial score (nSPS) is 12.8. The van der Waals surface area contributed by atoms with Gasteiger partial charge >= 0.3 is 5.97 Å². The minimum atomic E-state index is -5.16. The van der Waals surface area contributed by atoms with Crippen molar-refractivity contribution < 1.29 is 71.0 Å². The summed E-state index contributed by atoms with van der Waals surface area (Å²) in [5.41, 5.74) is -0.578. The average molecular weight is 902 g/mol. The standard InChI is InChI=1S/C37H31N3O16S4/c1-40(16-4-7-35(41)42)37(43)26-6-3-2-5-25(26)36-27-17-33(59(50,51)52)29(38-21-8-12-23(13-9-21)57(44,45)46)19-31(27)56-32-20-30(34(18-28(32)36)60(53,54)55)39-22-10-14-24(15-11-22)58(47,48)49/h2-3,5-6,8-15,17-20,38H,4,7,16H2,1H3,(H,41,42)(H,44,45,46)(H,47,48,49)(H,50,51,52)(H,53,54,55)/b39-30+. The van der Waals surface area contributed by atoms with Gasteiger partial charge in [-0.05, 0) is 78.7 Å². The summed E-state index contributed by atoms with van der Waals surface area (Å²) in [7, 11) is -18.1. The van der Waals surface area contributed by atoms with Crippen LogP contribution in [0.3, 0.4) is 0 Å². The molecule has 6 rings (SSSR count). The first-order valence-electron chi connectivity index (χ1n) is 17.0. The van der Waals surface area contributed by atoms with Crippen LogP contribution in [-0.4, -0.2) is 87.4 Å². The van der Waals surface area contributed by atoms with Gasteiger partial charge in [-0.1, -0.05) is 18.2 Å². The molecule has 314 valence electrons. The highest BCUT2D eigenvalue weighted by Crippen LogP contribution is 2.44. The predicted octanol–water partition coefficient (Wildman–Crippen LogP) is 5.10. The van der Waals surface area contributed by atoms with E-state index < -0.39 is 77.3 Å². The van der Waals surface area contributed by atoms with Crippen LogP contribution in [0.2, 0.25) is 0 Å². The topological polar surface area (TPSA) is 313 Å². The molecule has 19 nitrogen and oxygen atoms in total. The Labute approximate surface area is 341 Å². The van der Waals surface area contributed by atoms with Gasteiger partial charge in [0.15, 0.2) is 0 Å². The maximum absolute atomic E-state index is 14.0. The quantitative estimate of drug-likeness (QED) is 0.0648. The molecule has 0 atom stereocenters. The van der Waals surface area contributed by atoms with Crippen molar-refractivity contribution in [1.29, 1.82) is 0 Å². The maximum Gasteiger partial charge on any atom is 0.303 e. The molecule has 60 heavy (non-hydrogen) atoms. The van der Waals surface area contributed by atoms with Crippen LogP contribution in [0.4, 0.5) is 17.1 Å². The minimum Gasteiger partial charge on any atom is -0.481 e. The molecule has 4 aromatic rings. The zero-order valence-corrected chi connectivity index (χ0v) is 33.9. The average Bonchev–Trinajstić information content (AvgIpc) is 3.15. The number of nitrogens with zero attached hydrogens (tertiary/aromatic N) is 2. The van der Waals surface area contributed by atoms with E-state index >= 15 is 0 Å². The summed E-state index contributed by atoms with van der Waals surface area (Å²) in [6, 6.07) is 18.7. The Hall–Kier alpha value is -6.05. The van der Waals surface area contributed by atoms with Gasteiger partial charge in [-0.15, -0.1) is 0 Å². The second-order valence-corrected chi connectivity index (χ2v) is 18.7. The van der Waals surface area contributed by atoms with Crippen molar-refractivity contribution >= 4 is 80.4 Å². The molecule has 1 amide bonds. The van der Waals surface area contributed by atoms with Crippen molar-refractivity contribution in [3.8, 4) is 22.5 Å². The number of hydrogen-bond acceptors (Lipinski definition) is 13. The van der Waals surface area contributed by atoms with Crippen LogP contribution in [0.5, 0.6) is 0 Å². The van der Waals surface area contributed by atoms with E-state index in [9.17, 15) is 61.5 Å². The van der Waals surface area contributed by atoms with Gasteiger partial charge in [-0.25, -0.2) is 4.99 Å². The lowest BCUT2D eigenvalue weighted by Gasteiger charge is -2.22. The molecule has 0 fully saturated rings. The van der Waals surface area contributed by atoms with Gasteiger partial charge in [0, 0.05) is 59.9 Å². The molecule has 6 N–H and O–H groups in total. The molecule has 0 spiro atoms. The third kappa shape index (κ3) is 9.53. The smallest absolute Gasteiger partial charge is 0.303 e. The van der Waals surface area contributed by atoms with Crippen molar-refractivity contribution in [3.05, 3.63) is 108 Å². The van der Waals surface area contributed by atoms with E-state index in [2.05, 4.69) is 10.3 Å². The SMILES string of the molecule is CN(CCCC(=O)O)C(=O)c1ccccc1-c1c2cc(S(=O)(=O)O)/c(=N/c3ccc(S(=O)(=O)O)cc3)cc-2oc2cc(Nc3ccc(S(=O)(=O)O)cc3)c(S(=O)(=O)O)cc12. The van der Waals surface area contributed by atoms with Crippen LogP contribution in [-0.2, 0) is 45.3 Å². The first kappa shape index (κ1) is 43.5. The minimum absolute atomic E-state index is 0.00121. The van der Waals surface area contributed by atoms with Gasteiger partial charge in [0.2, 0.25) is 0 Å². The first-order chi connectivity index (χ1) is 27.9. The third-order valence-electron chi connectivity index (χ3n) is 8.93. The van der Waals surface area contributed by atoms with Crippen molar-refractivity contribution in [2.24, 2.45) is 4.99 Å². The second-order valence-electron chi connectivity index (χ2n) is 13.1. The van der Waals surface area contributed by atoms with E-state index in [-0.39, 0.29) is 75.4 Å². The predicted molar refractivity (Wildman–Crippen MR) is 213 cm³/mol. The molecular weight excluding hydrogens is 871 g/mol. The van der Waals surface area contributed by atoms with Gasteiger partial charge in [0.25, 0.3) is 46.4 Å². The number of hydrogen-bond donors (Lipinski definition) is 6. The van der Waals surface area contributed by atoms with Gasteiger partial charge in [0.1, 0.15) is 21.1 Å². The van der Waals surface area contributed by atoms with Crippen LogP contribution in [0.25, 0.3) is 33.4 Å². The van der Waals surface area contributed by atoms with E-state index in [1.54, 1.807) is 0 Å². The van der Waals surface area contributed by atoms with Crippen molar-refractivity contribution in [2.75, 3.05) is 18.9 Å². The molecule has 23 heteroatoms. The Morgan fingerprint density at radius 3 is 1.85 bits per heavy atom. The van der Waals surface area contributed by atoms with E-state index in [0.717, 1.165) is 60.7 Å². The van der Waals surface area contributed by atoms with E-state index in [4.69, 9.17) is 9.52 Å². The fourth-order valence-corrected chi connectivity index (χ4v) is 8.44. The fourth-order valence-electron chi connectivity index (χ4n) is 6.19. The van der Waals surface area contributed by atoms with E-state index in [0.29, 0.717) is 0 Å². The van der Waals surface area contributed by atoms with Gasteiger partial charge in [-0.2, -0.15) is 33.7 Å². The van der Waals surface area contributed by atoms with Crippen LogP contribution >= 0.6 is 0 Å². The largest absolute Gasteiger partial charge is 0.481 e. The number of carbonyl (C=O) groups excluding carboxylic acids is 1. The number of nitrogens with one attached hydrogen (secondary N) is 1. The molecule has 1 heterocycles. The number of aliphatic carboxylic acids is 1. The number of carboxylic acids is 1. The highest BCUT2D eigenvalue weighted by Gasteiger charge is 2.28. The maximum atomic E-state index is 14.0. The number of rotatable bonds is 13. The molecule has 4 aromatic carbocycles. The van der Waals surface area contributed by atoms with Gasteiger partial charge in [-0.3, -0.25) is 27.8 Å². The molecule has 1 aliphatic heterocycles. The molecule has 0 saturated heterocycles. The van der Waals surface area contributed by atoms with Gasteiger partial charge in [0.05, 0.1) is 26.5 Å². The molecule has 1 aliphatic carbocycles. The zero-order chi connectivity index (χ0) is 43.9. The Morgan fingerprint density at radius 1 is 0.700 bits per heavy atom. The monoisotopic (exact) mass is 901 g/mol. The summed E-state index contributed by atoms with van der Waals surface area (Å²) in [5.74, 6) is -1.88. The molecular formula is C37H31N3O16S4. The lowest BCUT2D eigenvalue weighted by atomic mass is 9.90. The number of carbonyl (C=O) groups is 2. The molecule has 0 aromatic heterocycles. The molecule has 2 aliphatic rings. The summed E-state index contributed by atoms with van der Waals surface area (Å²) < 4.78 is 144. The van der Waals surface area contributed by atoms with Crippen LogP contribution in [0, 0.1) is 0 Å². The summed E-state index contributed by atoms with van der Waals surface area (Å²) in [4.78, 5) is 28.1. The first-order valence-corrected chi connectivity index (χ1v) is 22.7. The highest BCUT2D eigenvalue weighted by atomic mass is 32.2. The van der Waals surface area contributed by atoms with E-state index in [1.165, 1.54) is 48.3 Å². The van der Waals surface area contributed by atoms with E-state index in [1.807, 2.05) is 0 Å². The number of benzene rings is 5. The molecule has 0 radical (unpaired) electrons. The lowest BCUT2D eigenvalue weighted by molar-refractivity contribution is -0.137. The number of anilines is 2. The number of carboxylic acid groups (broad SMARTS) is 1. The van der Waals surface area contributed by atoms with Crippen molar-refractivity contribution in [3.63, 3.8) is 0 Å².